The van der Waals surface area contributed by atoms with Crippen LogP contribution in [0.15, 0.2) is 24.4 Å². The quantitative estimate of drug-likeness (QED) is 0.769. The lowest BCUT2D eigenvalue weighted by atomic mass is 10.1. The number of fused-ring (bicyclic) bond motifs is 3. The van der Waals surface area contributed by atoms with Gasteiger partial charge in [0, 0.05) is 11.4 Å². The number of aromatic amines is 1. The third-order valence-electron chi connectivity index (χ3n) is 3.76. The molecule has 6 nitrogen and oxygen atoms in total. The van der Waals surface area contributed by atoms with E-state index in [1.54, 1.807) is 18.3 Å². The minimum atomic E-state index is -0.0171. The molecule has 0 saturated heterocycles. The van der Waals surface area contributed by atoms with Crippen molar-refractivity contribution in [2.45, 2.75) is 25.3 Å². The molecular weight excluding hydrogens is 278 g/mol. The smallest absolute Gasteiger partial charge is 0.227 e. The number of aromatic nitrogens is 3. The largest absolute Gasteiger partial charge is 0.353 e. The Hall–Kier alpha value is -2.94. The van der Waals surface area contributed by atoms with E-state index in [9.17, 15) is 4.79 Å². The lowest BCUT2D eigenvalue weighted by Gasteiger charge is -1.99. The van der Waals surface area contributed by atoms with Crippen LogP contribution < -0.4 is 5.32 Å². The first-order valence-corrected chi connectivity index (χ1v) is 7.20. The Morgan fingerprint density at radius 3 is 3.09 bits per heavy atom. The molecule has 0 unspecified atom stereocenters. The second kappa shape index (κ2) is 4.81. The SMILES string of the molecule is N#Cc1ccc2ncc3[nH]c(CC(=O)NC4CC4)nc3c2c1. The Kier molecular flexibility index (Phi) is 2.79. The zero-order chi connectivity index (χ0) is 15.1. The number of nitriles is 1. The second-order valence-electron chi connectivity index (χ2n) is 5.57. The van der Waals surface area contributed by atoms with Gasteiger partial charge in [0.05, 0.1) is 40.8 Å². The molecule has 1 fully saturated rings. The van der Waals surface area contributed by atoms with Crippen molar-refractivity contribution in [1.82, 2.24) is 20.3 Å². The average Bonchev–Trinajstić information content (AvgIpc) is 3.23. The Bertz CT molecular complexity index is 933. The van der Waals surface area contributed by atoms with E-state index in [2.05, 4.69) is 26.3 Å². The van der Waals surface area contributed by atoms with E-state index in [-0.39, 0.29) is 12.3 Å². The van der Waals surface area contributed by atoms with Gasteiger partial charge in [-0.3, -0.25) is 9.78 Å². The number of nitrogens with zero attached hydrogens (tertiary/aromatic N) is 3. The number of benzene rings is 1. The molecule has 1 saturated carbocycles. The van der Waals surface area contributed by atoms with Crippen molar-refractivity contribution >= 4 is 27.8 Å². The highest BCUT2D eigenvalue weighted by atomic mass is 16.1. The van der Waals surface area contributed by atoms with Gasteiger partial charge in [-0.2, -0.15) is 5.26 Å². The van der Waals surface area contributed by atoms with E-state index >= 15 is 0 Å². The van der Waals surface area contributed by atoms with E-state index in [4.69, 9.17) is 5.26 Å². The third kappa shape index (κ3) is 2.27. The summed E-state index contributed by atoms with van der Waals surface area (Å²) in [7, 11) is 0. The summed E-state index contributed by atoms with van der Waals surface area (Å²) in [6, 6.07) is 7.78. The molecule has 108 valence electrons. The van der Waals surface area contributed by atoms with E-state index in [1.165, 1.54) is 0 Å². The third-order valence-corrected chi connectivity index (χ3v) is 3.76. The standard InChI is InChI=1S/C16H13N5O/c17-7-9-1-4-12-11(5-9)16-13(8-18-12)20-14(21-16)6-15(22)19-10-2-3-10/h1,4-5,8,10H,2-3,6H2,(H,19,22)(H,20,21). The molecular formula is C16H13N5O. The first-order chi connectivity index (χ1) is 10.7. The van der Waals surface area contributed by atoms with Crippen LogP contribution in [-0.4, -0.2) is 26.9 Å². The zero-order valence-corrected chi connectivity index (χ0v) is 11.8. The molecule has 1 aliphatic carbocycles. The van der Waals surface area contributed by atoms with Gasteiger partial charge in [-0.15, -0.1) is 0 Å². The number of hydrogen-bond acceptors (Lipinski definition) is 4. The lowest BCUT2D eigenvalue weighted by molar-refractivity contribution is -0.120. The van der Waals surface area contributed by atoms with Crippen molar-refractivity contribution in [1.29, 1.82) is 5.26 Å². The van der Waals surface area contributed by atoms with Crippen molar-refractivity contribution in [3.8, 4) is 6.07 Å². The topological polar surface area (TPSA) is 94.5 Å². The summed E-state index contributed by atoms with van der Waals surface area (Å²) in [5.41, 5.74) is 2.87. The summed E-state index contributed by atoms with van der Waals surface area (Å²) < 4.78 is 0. The predicted octanol–water partition coefficient (Wildman–Crippen LogP) is 1.80. The van der Waals surface area contributed by atoms with E-state index < -0.39 is 0 Å². The maximum Gasteiger partial charge on any atom is 0.227 e. The summed E-state index contributed by atoms with van der Waals surface area (Å²) in [5.74, 6) is 0.598. The van der Waals surface area contributed by atoms with Crippen LogP contribution in [0.2, 0.25) is 0 Å². The Morgan fingerprint density at radius 2 is 2.32 bits per heavy atom. The average molecular weight is 291 g/mol. The first kappa shape index (κ1) is 12.8. The molecule has 22 heavy (non-hydrogen) atoms. The maximum absolute atomic E-state index is 11.9. The van der Waals surface area contributed by atoms with Gasteiger partial charge in [0.25, 0.3) is 0 Å². The molecule has 0 radical (unpaired) electrons. The van der Waals surface area contributed by atoms with Crippen molar-refractivity contribution < 1.29 is 4.79 Å². The molecule has 2 N–H and O–H groups in total. The second-order valence-corrected chi connectivity index (χ2v) is 5.57. The van der Waals surface area contributed by atoms with Gasteiger partial charge in [-0.1, -0.05) is 0 Å². The molecule has 2 heterocycles. The van der Waals surface area contributed by atoms with Gasteiger partial charge in [0.2, 0.25) is 5.91 Å². The molecule has 0 atom stereocenters. The minimum Gasteiger partial charge on any atom is -0.353 e. The van der Waals surface area contributed by atoms with Crippen LogP contribution >= 0.6 is 0 Å². The molecule has 0 bridgehead atoms. The number of rotatable bonds is 3. The fraction of sp³-hybridized carbons (Fsp3) is 0.250. The summed E-state index contributed by atoms with van der Waals surface area (Å²) in [6.45, 7) is 0. The molecule has 2 aromatic heterocycles. The number of hydrogen-bond donors (Lipinski definition) is 2. The highest BCUT2D eigenvalue weighted by molar-refractivity contribution is 6.02. The van der Waals surface area contributed by atoms with Crippen LogP contribution in [0.3, 0.4) is 0 Å². The van der Waals surface area contributed by atoms with E-state index in [1.807, 2.05) is 6.07 Å². The molecule has 6 heteroatoms. The van der Waals surface area contributed by atoms with Crippen LogP contribution in [0.25, 0.3) is 21.9 Å². The van der Waals surface area contributed by atoms with Crippen LogP contribution in [0.1, 0.15) is 24.2 Å². The van der Waals surface area contributed by atoms with Crippen molar-refractivity contribution in [3.63, 3.8) is 0 Å². The normalized spacial score (nSPS) is 14.1. The maximum atomic E-state index is 11.9. The van der Waals surface area contributed by atoms with Crippen LogP contribution in [0, 0.1) is 11.3 Å². The molecule has 0 spiro atoms. The summed E-state index contributed by atoms with van der Waals surface area (Å²) in [4.78, 5) is 23.9. The van der Waals surface area contributed by atoms with Gasteiger partial charge in [-0.25, -0.2) is 4.98 Å². The minimum absolute atomic E-state index is 0.0171. The Balaban J connectivity index is 1.74. The number of amides is 1. The van der Waals surface area contributed by atoms with Crippen LogP contribution in [-0.2, 0) is 11.2 Å². The molecule has 1 aromatic carbocycles. The predicted molar refractivity (Wildman–Crippen MR) is 81.0 cm³/mol. The molecule has 1 aliphatic rings. The van der Waals surface area contributed by atoms with Crippen molar-refractivity contribution in [3.05, 3.63) is 35.8 Å². The molecule has 3 aromatic rings. The van der Waals surface area contributed by atoms with Crippen molar-refractivity contribution in [2.24, 2.45) is 0 Å². The van der Waals surface area contributed by atoms with Crippen LogP contribution in [0.5, 0.6) is 0 Å². The van der Waals surface area contributed by atoms with Gasteiger partial charge < -0.3 is 10.3 Å². The highest BCUT2D eigenvalue weighted by Gasteiger charge is 2.23. The number of imidazole rings is 1. The van der Waals surface area contributed by atoms with E-state index in [0.717, 1.165) is 34.8 Å². The van der Waals surface area contributed by atoms with Crippen molar-refractivity contribution in [2.75, 3.05) is 0 Å². The number of carbonyl (C=O) groups excluding carboxylic acids is 1. The Labute approximate surface area is 126 Å². The molecule has 0 aliphatic heterocycles. The Morgan fingerprint density at radius 1 is 1.45 bits per heavy atom. The van der Waals surface area contributed by atoms with Gasteiger partial charge >= 0.3 is 0 Å². The fourth-order valence-corrected chi connectivity index (χ4v) is 2.52. The van der Waals surface area contributed by atoms with Gasteiger partial charge in [0.1, 0.15) is 5.82 Å². The van der Waals surface area contributed by atoms with Crippen LogP contribution in [0.4, 0.5) is 0 Å². The van der Waals surface area contributed by atoms with Gasteiger partial charge in [0.15, 0.2) is 0 Å². The lowest BCUT2D eigenvalue weighted by Crippen LogP contribution is -2.27. The number of nitrogens with one attached hydrogen (secondary N) is 2. The zero-order valence-electron chi connectivity index (χ0n) is 11.8. The van der Waals surface area contributed by atoms with E-state index in [0.29, 0.717) is 17.4 Å². The molecule has 1 amide bonds. The summed E-state index contributed by atoms with van der Waals surface area (Å²) >= 11 is 0. The monoisotopic (exact) mass is 291 g/mol. The number of pyridine rings is 1. The highest BCUT2D eigenvalue weighted by Crippen LogP contribution is 2.23. The number of H-pyrrole nitrogens is 1. The number of carbonyl (C=O) groups is 1. The summed E-state index contributed by atoms with van der Waals surface area (Å²) in [6.07, 6.45) is 4.07. The molecule has 4 rings (SSSR count). The van der Waals surface area contributed by atoms with Gasteiger partial charge in [-0.05, 0) is 31.0 Å². The fourth-order valence-electron chi connectivity index (χ4n) is 2.52. The summed E-state index contributed by atoms with van der Waals surface area (Å²) in [5, 5.41) is 12.8. The first-order valence-electron chi connectivity index (χ1n) is 7.20.